The lowest BCUT2D eigenvalue weighted by Crippen LogP contribution is -2.43. The molecule has 0 saturated carbocycles. The molecule has 2 aliphatic heterocycles. The van der Waals surface area contributed by atoms with Crippen LogP contribution >= 0.6 is 0 Å². The molecule has 0 radical (unpaired) electrons. The van der Waals surface area contributed by atoms with Crippen molar-refractivity contribution in [3.8, 4) is 0 Å². The highest BCUT2D eigenvalue weighted by Gasteiger charge is 2.24. The van der Waals surface area contributed by atoms with Crippen LogP contribution in [0.4, 0.5) is 0 Å². The van der Waals surface area contributed by atoms with Crippen LogP contribution in [0.15, 0.2) is 29.2 Å². The van der Waals surface area contributed by atoms with Gasteiger partial charge >= 0.3 is 0 Å². The molecule has 0 aromatic heterocycles. The minimum absolute atomic E-state index is 0.0516. The normalized spacial score (nSPS) is 21.7. The topological polar surface area (TPSA) is 87.7 Å². The van der Waals surface area contributed by atoms with Crippen molar-refractivity contribution in [2.24, 2.45) is 0 Å². The molecule has 3 rings (SSSR count). The van der Waals surface area contributed by atoms with Crippen LogP contribution in [0.1, 0.15) is 36.0 Å². The molecule has 8 heteroatoms. The van der Waals surface area contributed by atoms with Crippen LogP contribution < -0.4 is 10.0 Å². The Hall–Kier alpha value is -1.48. The minimum Gasteiger partial charge on any atom is -0.377 e. The molecule has 0 spiro atoms. The number of carbonyl (C=O) groups is 1. The Labute approximate surface area is 155 Å². The van der Waals surface area contributed by atoms with Gasteiger partial charge in [-0.2, -0.15) is 0 Å². The first-order valence-corrected chi connectivity index (χ1v) is 10.6. The fraction of sp³-hybridized carbons (Fsp3) is 0.611. The number of rotatable bonds is 6. The van der Waals surface area contributed by atoms with Crippen LogP contribution in [0.25, 0.3) is 0 Å². The predicted molar refractivity (Wildman–Crippen MR) is 98.6 cm³/mol. The molecule has 2 aliphatic rings. The van der Waals surface area contributed by atoms with E-state index in [1.165, 1.54) is 12.1 Å². The molecule has 2 heterocycles. The summed E-state index contributed by atoms with van der Waals surface area (Å²) in [6.07, 6.45) is 3.65. The van der Waals surface area contributed by atoms with E-state index in [2.05, 4.69) is 10.0 Å². The minimum atomic E-state index is -3.59. The largest absolute Gasteiger partial charge is 0.377 e. The number of nitrogens with zero attached hydrogens (tertiary/aromatic N) is 1. The second-order valence-corrected chi connectivity index (χ2v) is 8.68. The van der Waals surface area contributed by atoms with Gasteiger partial charge in [-0.3, -0.25) is 4.79 Å². The molecule has 2 saturated heterocycles. The SMILES string of the molecule is CN(C(=O)c1ccc(S(=O)(=O)NCC2CCCO2)cc1)C1CCNCC1. The second-order valence-electron chi connectivity index (χ2n) is 6.91. The molecule has 26 heavy (non-hydrogen) atoms. The first kappa shape index (κ1) is 19.3. The molecule has 2 fully saturated rings. The van der Waals surface area contributed by atoms with Gasteiger partial charge in [0.1, 0.15) is 0 Å². The molecule has 1 atom stereocenters. The van der Waals surface area contributed by atoms with E-state index in [1.54, 1.807) is 17.0 Å². The van der Waals surface area contributed by atoms with Crippen LogP contribution in [0.3, 0.4) is 0 Å². The van der Waals surface area contributed by atoms with Crippen LogP contribution in [-0.2, 0) is 14.8 Å². The van der Waals surface area contributed by atoms with Crippen molar-refractivity contribution in [1.82, 2.24) is 14.9 Å². The summed E-state index contributed by atoms with van der Waals surface area (Å²) in [7, 11) is -1.78. The maximum absolute atomic E-state index is 12.6. The summed E-state index contributed by atoms with van der Waals surface area (Å²) in [4.78, 5) is 14.6. The highest BCUT2D eigenvalue weighted by molar-refractivity contribution is 7.89. The van der Waals surface area contributed by atoms with Crippen molar-refractivity contribution >= 4 is 15.9 Å². The number of carbonyl (C=O) groups excluding carboxylic acids is 1. The summed E-state index contributed by atoms with van der Waals surface area (Å²) in [6.45, 7) is 2.79. The molecule has 0 bridgehead atoms. The zero-order chi connectivity index (χ0) is 18.6. The van der Waals surface area contributed by atoms with Crippen LogP contribution in [0, 0.1) is 0 Å². The van der Waals surface area contributed by atoms with E-state index >= 15 is 0 Å². The average molecular weight is 381 g/mol. The fourth-order valence-electron chi connectivity index (χ4n) is 3.43. The van der Waals surface area contributed by atoms with Crippen molar-refractivity contribution in [3.63, 3.8) is 0 Å². The number of sulfonamides is 1. The van der Waals surface area contributed by atoms with Gasteiger partial charge in [0, 0.05) is 31.8 Å². The maximum atomic E-state index is 12.6. The zero-order valence-electron chi connectivity index (χ0n) is 15.1. The Morgan fingerprint density at radius 3 is 2.54 bits per heavy atom. The number of amides is 1. The van der Waals surface area contributed by atoms with Gasteiger partial charge in [0.05, 0.1) is 11.0 Å². The smallest absolute Gasteiger partial charge is 0.253 e. The van der Waals surface area contributed by atoms with Gasteiger partial charge in [0.2, 0.25) is 10.0 Å². The lowest BCUT2D eigenvalue weighted by Gasteiger charge is -2.31. The Morgan fingerprint density at radius 2 is 1.92 bits per heavy atom. The summed E-state index contributed by atoms with van der Waals surface area (Å²) in [5, 5.41) is 3.28. The highest BCUT2D eigenvalue weighted by atomic mass is 32.2. The standard InChI is InChI=1S/C18H27N3O4S/c1-21(15-8-10-19-11-9-15)18(22)14-4-6-17(7-5-14)26(23,24)20-13-16-3-2-12-25-16/h4-7,15-16,19-20H,2-3,8-13H2,1H3. The molecule has 1 aromatic rings. The fourth-order valence-corrected chi connectivity index (χ4v) is 4.50. The van der Waals surface area contributed by atoms with Crippen molar-refractivity contribution in [2.75, 3.05) is 33.3 Å². The van der Waals surface area contributed by atoms with Crippen molar-refractivity contribution < 1.29 is 17.9 Å². The molecule has 0 aliphatic carbocycles. The van der Waals surface area contributed by atoms with E-state index in [-0.39, 0.29) is 29.5 Å². The van der Waals surface area contributed by atoms with E-state index in [4.69, 9.17) is 4.74 Å². The number of piperidine rings is 1. The molecular formula is C18H27N3O4S. The Morgan fingerprint density at radius 1 is 1.23 bits per heavy atom. The number of benzene rings is 1. The van der Waals surface area contributed by atoms with Crippen molar-refractivity contribution in [3.05, 3.63) is 29.8 Å². The summed E-state index contributed by atoms with van der Waals surface area (Å²) in [5.74, 6) is -0.0758. The molecule has 7 nitrogen and oxygen atoms in total. The van der Waals surface area contributed by atoms with Crippen molar-refractivity contribution in [1.29, 1.82) is 0 Å². The van der Waals surface area contributed by atoms with E-state index in [0.717, 1.165) is 38.8 Å². The maximum Gasteiger partial charge on any atom is 0.253 e. The number of hydrogen-bond acceptors (Lipinski definition) is 5. The summed E-state index contributed by atoms with van der Waals surface area (Å²) >= 11 is 0. The first-order valence-electron chi connectivity index (χ1n) is 9.16. The molecule has 1 unspecified atom stereocenters. The number of ether oxygens (including phenoxy) is 1. The van der Waals surface area contributed by atoms with E-state index in [9.17, 15) is 13.2 Å². The van der Waals surface area contributed by atoms with Gasteiger partial charge in [-0.1, -0.05) is 0 Å². The quantitative estimate of drug-likeness (QED) is 0.767. The van der Waals surface area contributed by atoms with Gasteiger partial charge in [-0.05, 0) is 63.0 Å². The molecular weight excluding hydrogens is 354 g/mol. The third kappa shape index (κ3) is 4.62. The van der Waals surface area contributed by atoms with Gasteiger partial charge in [-0.15, -0.1) is 0 Å². The van der Waals surface area contributed by atoms with E-state index in [0.29, 0.717) is 12.2 Å². The number of nitrogens with one attached hydrogen (secondary N) is 2. The summed E-state index contributed by atoms with van der Waals surface area (Å²) in [5.41, 5.74) is 0.504. The first-order chi connectivity index (χ1) is 12.5. The third-order valence-corrected chi connectivity index (χ3v) is 6.55. The number of hydrogen-bond donors (Lipinski definition) is 2. The van der Waals surface area contributed by atoms with Crippen molar-refractivity contribution in [2.45, 2.75) is 42.7 Å². The molecule has 1 amide bonds. The predicted octanol–water partition coefficient (Wildman–Crippen LogP) is 0.968. The van der Waals surface area contributed by atoms with Gasteiger partial charge in [-0.25, -0.2) is 13.1 Å². The summed E-state index contributed by atoms with van der Waals surface area (Å²) in [6, 6.07) is 6.37. The van der Waals surface area contributed by atoms with E-state index in [1.807, 2.05) is 7.05 Å². The molecule has 1 aromatic carbocycles. The van der Waals surface area contributed by atoms with Crippen LogP contribution in [0.2, 0.25) is 0 Å². The Kier molecular flexibility index (Phi) is 6.29. The zero-order valence-corrected chi connectivity index (χ0v) is 15.9. The van der Waals surface area contributed by atoms with Gasteiger partial charge in [0.25, 0.3) is 5.91 Å². The molecule has 2 N–H and O–H groups in total. The molecule has 144 valence electrons. The van der Waals surface area contributed by atoms with Gasteiger partial charge < -0.3 is 15.0 Å². The lowest BCUT2D eigenvalue weighted by molar-refractivity contribution is 0.0703. The second kappa shape index (κ2) is 8.47. The van der Waals surface area contributed by atoms with Gasteiger partial charge in [0.15, 0.2) is 0 Å². The third-order valence-electron chi connectivity index (χ3n) is 5.11. The average Bonchev–Trinajstić information content (AvgIpc) is 3.20. The summed E-state index contributed by atoms with van der Waals surface area (Å²) < 4.78 is 32.8. The van der Waals surface area contributed by atoms with Crippen LogP contribution in [-0.4, -0.2) is 64.7 Å². The van der Waals surface area contributed by atoms with Crippen LogP contribution in [0.5, 0.6) is 0 Å². The van der Waals surface area contributed by atoms with E-state index < -0.39 is 10.0 Å². The Balaban J connectivity index is 1.62. The lowest BCUT2D eigenvalue weighted by atomic mass is 10.0. The Bertz CT molecular complexity index is 708. The monoisotopic (exact) mass is 381 g/mol. The highest BCUT2D eigenvalue weighted by Crippen LogP contribution is 2.17.